The van der Waals surface area contributed by atoms with Crippen LogP contribution in [-0.2, 0) is 0 Å². The molecule has 0 aliphatic carbocycles. The summed E-state index contributed by atoms with van der Waals surface area (Å²) in [6, 6.07) is 1.10. The van der Waals surface area contributed by atoms with Crippen molar-refractivity contribution in [2.75, 3.05) is 13.2 Å². The summed E-state index contributed by atoms with van der Waals surface area (Å²) in [5.74, 6) is 0. The first kappa shape index (κ1) is 9.01. The van der Waals surface area contributed by atoms with Gasteiger partial charge in [-0.3, -0.25) is 4.90 Å². The third-order valence-electron chi connectivity index (χ3n) is 2.79. The van der Waals surface area contributed by atoms with Crippen molar-refractivity contribution in [1.29, 1.82) is 0 Å². The van der Waals surface area contributed by atoms with Crippen molar-refractivity contribution < 1.29 is 5.11 Å². The summed E-state index contributed by atoms with van der Waals surface area (Å²) in [6.45, 7) is 5.97. The number of rotatable bonds is 3. The molecule has 0 radical (unpaired) electrons. The highest BCUT2D eigenvalue weighted by Crippen LogP contribution is 2.20. The second kappa shape index (κ2) is 4.07. The van der Waals surface area contributed by atoms with Gasteiger partial charge in [-0.05, 0) is 32.7 Å². The van der Waals surface area contributed by atoms with E-state index in [-0.39, 0.29) is 0 Å². The lowest BCUT2D eigenvalue weighted by Gasteiger charge is -2.28. The molecule has 0 amide bonds. The van der Waals surface area contributed by atoms with Crippen LogP contribution in [0, 0.1) is 0 Å². The first-order chi connectivity index (χ1) is 5.29. The molecule has 1 heterocycles. The van der Waals surface area contributed by atoms with E-state index in [1.165, 1.54) is 25.8 Å². The van der Waals surface area contributed by atoms with Crippen LogP contribution in [0.25, 0.3) is 0 Å². The average Bonchev–Trinajstić information content (AvgIpc) is 2.50. The summed E-state index contributed by atoms with van der Waals surface area (Å²) in [4.78, 5) is 2.43. The van der Waals surface area contributed by atoms with E-state index in [2.05, 4.69) is 18.7 Å². The second-order valence-electron chi connectivity index (χ2n) is 3.47. The Kier molecular flexibility index (Phi) is 3.34. The van der Waals surface area contributed by atoms with Crippen LogP contribution in [0.5, 0.6) is 0 Å². The standard InChI is InChI=1S/C9H19NO/c1-3-8(2)10-6-4-5-9(10)7-11/h8-9,11H,3-7H2,1-2H3/t8-,9?/m0/s1. The van der Waals surface area contributed by atoms with Gasteiger partial charge in [-0.15, -0.1) is 0 Å². The van der Waals surface area contributed by atoms with Gasteiger partial charge >= 0.3 is 0 Å². The molecule has 1 unspecified atom stereocenters. The molecule has 1 N–H and O–H groups in total. The van der Waals surface area contributed by atoms with Crippen LogP contribution in [0.15, 0.2) is 0 Å². The van der Waals surface area contributed by atoms with Gasteiger partial charge in [0, 0.05) is 12.1 Å². The molecule has 0 aromatic carbocycles. The Balaban J connectivity index is 2.42. The van der Waals surface area contributed by atoms with Crippen LogP contribution in [0.1, 0.15) is 33.1 Å². The predicted octanol–water partition coefficient (Wildman–Crippen LogP) is 1.24. The molecule has 2 nitrogen and oxygen atoms in total. The van der Waals surface area contributed by atoms with Crippen molar-refractivity contribution in [3.8, 4) is 0 Å². The quantitative estimate of drug-likeness (QED) is 0.666. The molecule has 1 rings (SSSR count). The minimum atomic E-state index is 0.338. The zero-order chi connectivity index (χ0) is 8.27. The van der Waals surface area contributed by atoms with Gasteiger partial charge in [0.25, 0.3) is 0 Å². The van der Waals surface area contributed by atoms with E-state index in [9.17, 15) is 0 Å². The van der Waals surface area contributed by atoms with Gasteiger partial charge in [0.2, 0.25) is 0 Å². The van der Waals surface area contributed by atoms with Crippen LogP contribution < -0.4 is 0 Å². The minimum Gasteiger partial charge on any atom is -0.395 e. The van der Waals surface area contributed by atoms with Crippen molar-refractivity contribution in [3.63, 3.8) is 0 Å². The Morgan fingerprint density at radius 2 is 2.36 bits per heavy atom. The maximum atomic E-state index is 9.04. The predicted molar refractivity (Wildman–Crippen MR) is 46.6 cm³/mol. The summed E-state index contributed by atoms with van der Waals surface area (Å²) in [5, 5.41) is 9.04. The molecular formula is C9H19NO. The van der Waals surface area contributed by atoms with E-state index in [1.807, 2.05) is 0 Å². The summed E-state index contributed by atoms with van der Waals surface area (Å²) in [7, 11) is 0. The van der Waals surface area contributed by atoms with Crippen LogP contribution in [0.2, 0.25) is 0 Å². The monoisotopic (exact) mass is 157 g/mol. The average molecular weight is 157 g/mol. The molecule has 0 saturated carbocycles. The van der Waals surface area contributed by atoms with Gasteiger partial charge in [-0.25, -0.2) is 0 Å². The van der Waals surface area contributed by atoms with E-state index in [0.29, 0.717) is 18.7 Å². The topological polar surface area (TPSA) is 23.5 Å². The Morgan fingerprint density at radius 3 is 2.91 bits per heavy atom. The second-order valence-corrected chi connectivity index (χ2v) is 3.47. The maximum Gasteiger partial charge on any atom is 0.0586 e. The first-order valence-corrected chi connectivity index (χ1v) is 4.66. The fourth-order valence-corrected chi connectivity index (χ4v) is 1.87. The Hall–Kier alpha value is -0.0800. The van der Waals surface area contributed by atoms with Crippen LogP contribution >= 0.6 is 0 Å². The molecule has 1 aliphatic heterocycles. The van der Waals surface area contributed by atoms with Crippen molar-refractivity contribution in [1.82, 2.24) is 4.90 Å². The SMILES string of the molecule is CC[C@H](C)N1CCCC1CO. The number of aliphatic hydroxyl groups is 1. The van der Waals surface area contributed by atoms with Crippen LogP contribution in [-0.4, -0.2) is 35.2 Å². The Labute approximate surface area is 69.2 Å². The van der Waals surface area contributed by atoms with Crippen LogP contribution in [0.3, 0.4) is 0 Å². The van der Waals surface area contributed by atoms with Gasteiger partial charge in [-0.1, -0.05) is 6.92 Å². The van der Waals surface area contributed by atoms with E-state index in [0.717, 1.165) is 0 Å². The van der Waals surface area contributed by atoms with Gasteiger partial charge < -0.3 is 5.11 Å². The maximum absolute atomic E-state index is 9.04. The van der Waals surface area contributed by atoms with Crippen molar-refractivity contribution in [2.24, 2.45) is 0 Å². The number of aliphatic hydroxyl groups excluding tert-OH is 1. The fraction of sp³-hybridized carbons (Fsp3) is 1.00. The number of likely N-dealkylation sites (tertiary alicyclic amines) is 1. The summed E-state index contributed by atoms with van der Waals surface area (Å²) in [5.41, 5.74) is 0. The zero-order valence-corrected chi connectivity index (χ0v) is 7.58. The highest BCUT2D eigenvalue weighted by Gasteiger charge is 2.26. The molecule has 0 spiro atoms. The molecule has 2 heteroatoms. The van der Waals surface area contributed by atoms with E-state index in [1.54, 1.807) is 0 Å². The molecule has 1 saturated heterocycles. The fourth-order valence-electron chi connectivity index (χ4n) is 1.87. The van der Waals surface area contributed by atoms with Crippen molar-refractivity contribution in [2.45, 2.75) is 45.2 Å². The lowest BCUT2D eigenvalue weighted by Crippen LogP contribution is -2.38. The van der Waals surface area contributed by atoms with Gasteiger partial charge in [0.15, 0.2) is 0 Å². The molecule has 11 heavy (non-hydrogen) atoms. The summed E-state index contributed by atoms with van der Waals surface area (Å²) < 4.78 is 0. The van der Waals surface area contributed by atoms with Crippen molar-refractivity contribution in [3.05, 3.63) is 0 Å². The Bertz CT molecular complexity index is 116. The molecular weight excluding hydrogens is 138 g/mol. The van der Waals surface area contributed by atoms with Gasteiger partial charge in [0.1, 0.15) is 0 Å². The van der Waals surface area contributed by atoms with Crippen molar-refractivity contribution >= 4 is 0 Å². The highest BCUT2D eigenvalue weighted by molar-refractivity contribution is 4.81. The Morgan fingerprint density at radius 1 is 1.64 bits per heavy atom. The van der Waals surface area contributed by atoms with E-state index >= 15 is 0 Å². The zero-order valence-electron chi connectivity index (χ0n) is 7.58. The summed E-state index contributed by atoms with van der Waals surface area (Å²) >= 11 is 0. The van der Waals surface area contributed by atoms with Crippen LogP contribution in [0.4, 0.5) is 0 Å². The number of nitrogens with zero attached hydrogens (tertiary/aromatic N) is 1. The van der Waals surface area contributed by atoms with Gasteiger partial charge in [-0.2, -0.15) is 0 Å². The molecule has 0 aromatic heterocycles. The van der Waals surface area contributed by atoms with Gasteiger partial charge in [0.05, 0.1) is 6.61 Å². The lowest BCUT2D eigenvalue weighted by atomic mass is 10.2. The molecule has 0 bridgehead atoms. The molecule has 0 aromatic rings. The third kappa shape index (κ3) is 1.94. The van der Waals surface area contributed by atoms with E-state index in [4.69, 9.17) is 5.11 Å². The number of hydrogen-bond acceptors (Lipinski definition) is 2. The minimum absolute atomic E-state index is 0.338. The molecule has 66 valence electrons. The molecule has 2 atom stereocenters. The molecule has 1 aliphatic rings. The lowest BCUT2D eigenvalue weighted by molar-refractivity contribution is 0.124. The third-order valence-corrected chi connectivity index (χ3v) is 2.79. The number of hydrogen-bond donors (Lipinski definition) is 1. The first-order valence-electron chi connectivity index (χ1n) is 4.66. The smallest absolute Gasteiger partial charge is 0.0586 e. The molecule has 1 fully saturated rings. The van der Waals surface area contributed by atoms with E-state index < -0.39 is 0 Å². The highest BCUT2D eigenvalue weighted by atomic mass is 16.3. The summed E-state index contributed by atoms with van der Waals surface area (Å²) in [6.07, 6.45) is 3.63. The normalized spacial score (nSPS) is 29.2. The largest absolute Gasteiger partial charge is 0.395 e.